The Balaban J connectivity index is 2.20. The van der Waals surface area contributed by atoms with E-state index in [1.54, 1.807) is 0 Å². The summed E-state index contributed by atoms with van der Waals surface area (Å²) in [4.78, 5) is 26.0. The van der Waals surface area contributed by atoms with E-state index in [-0.39, 0.29) is 10.8 Å². The highest BCUT2D eigenvalue weighted by Gasteiger charge is 2.28. The van der Waals surface area contributed by atoms with Gasteiger partial charge in [0.1, 0.15) is 11.6 Å². The van der Waals surface area contributed by atoms with Crippen LogP contribution in [-0.2, 0) is 29.9 Å². The average Bonchev–Trinajstić information content (AvgIpc) is 3.11. The van der Waals surface area contributed by atoms with Gasteiger partial charge >= 0.3 is 0 Å². The van der Waals surface area contributed by atoms with Gasteiger partial charge in [-0.2, -0.15) is 0 Å². The van der Waals surface area contributed by atoms with E-state index in [0.717, 1.165) is 65.0 Å². The number of Topliss-reactive ketones (excluding diaryl/α,β-unsaturated/α-hetero) is 2. The van der Waals surface area contributed by atoms with Crippen LogP contribution in [0.5, 0.6) is 0 Å². The summed E-state index contributed by atoms with van der Waals surface area (Å²) in [7, 11) is 0. The zero-order valence-electron chi connectivity index (χ0n) is 35.6. The molecule has 0 atom stereocenters. The fourth-order valence-electron chi connectivity index (χ4n) is 7.37. The first-order valence-electron chi connectivity index (χ1n) is 22.4. The average molecular weight is 727 g/mol. The fraction of sp³-hybridized carbons (Fsp3) is 0.833. The molecule has 302 valence electrons. The predicted molar refractivity (Wildman–Crippen MR) is 225 cm³/mol. The van der Waals surface area contributed by atoms with Gasteiger partial charge < -0.3 is 9.47 Å². The van der Waals surface area contributed by atoms with Crippen LogP contribution in [0.2, 0.25) is 0 Å². The summed E-state index contributed by atoms with van der Waals surface area (Å²) in [5, 5.41) is 0. The van der Waals surface area contributed by atoms with E-state index < -0.39 is 0 Å². The van der Waals surface area contributed by atoms with Crippen molar-refractivity contribution in [3.05, 3.63) is 35.4 Å². The van der Waals surface area contributed by atoms with E-state index in [4.69, 9.17) is 9.47 Å². The lowest BCUT2D eigenvalue weighted by molar-refractivity contribution is -0.121. The van der Waals surface area contributed by atoms with Gasteiger partial charge in [-0.05, 0) is 60.5 Å². The van der Waals surface area contributed by atoms with Gasteiger partial charge in [0.25, 0.3) is 0 Å². The summed E-state index contributed by atoms with van der Waals surface area (Å²) < 4.78 is 11.7. The first-order chi connectivity index (χ1) is 25.1. The summed E-state index contributed by atoms with van der Waals surface area (Å²) in [6, 6.07) is 8.63. The lowest BCUT2D eigenvalue weighted by Gasteiger charge is -2.29. The molecule has 0 N–H and O–H groups in total. The second kappa shape index (κ2) is 31.8. The highest BCUT2D eigenvalue weighted by molar-refractivity contribution is 5.80. The molecule has 0 aliphatic heterocycles. The lowest BCUT2D eigenvalue weighted by Crippen LogP contribution is -2.25. The van der Waals surface area contributed by atoms with Crippen LogP contribution in [0.1, 0.15) is 232 Å². The molecule has 0 heterocycles. The van der Waals surface area contributed by atoms with E-state index >= 15 is 0 Å². The number of hydrogen-bond donors (Lipinski definition) is 0. The molecule has 1 rings (SSSR count). The van der Waals surface area contributed by atoms with Crippen molar-refractivity contribution >= 4 is 11.6 Å². The van der Waals surface area contributed by atoms with Gasteiger partial charge in [0.05, 0.1) is 0 Å². The maximum Gasteiger partial charge on any atom is 0.133 e. The number of benzene rings is 1. The molecular formula is C48H86O4. The van der Waals surface area contributed by atoms with Crippen LogP contribution in [0.3, 0.4) is 0 Å². The SMILES string of the molecule is CCCCCCCCCCCCOCCCCC(=O)CC(C)(C)c1cccc(C(C)(C)CC(=O)CCCCOCCCCCCCCCCCC)c1. The van der Waals surface area contributed by atoms with Gasteiger partial charge in [-0.3, -0.25) is 9.59 Å². The standard InChI is InChI=1S/C48H86O4/c1-7-9-11-13-15-17-19-21-23-27-36-51-38-29-25-34-45(49)41-47(3,4)43-32-31-33-44(40-43)48(5,6)42-46(50)35-26-30-39-52-37-28-24-22-20-18-16-14-12-10-8-2/h31-33,40H,7-30,34-39,41-42H2,1-6H3. The number of unbranched alkanes of at least 4 members (excludes halogenated alkanes) is 20. The lowest BCUT2D eigenvalue weighted by atomic mass is 9.74. The predicted octanol–water partition coefficient (Wildman–Crippen LogP) is 14.4. The van der Waals surface area contributed by atoms with E-state index in [1.165, 1.54) is 127 Å². The highest BCUT2D eigenvalue weighted by atomic mass is 16.5. The first-order valence-corrected chi connectivity index (χ1v) is 22.4. The summed E-state index contributed by atoms with van der Waals surface area (Å²) in [6.45, 7) is 16.5. The minimum atomic E-state index is -0.243. The molecule has 0 saturated carbocycles. The quantitative estimate of drug-likeness (QED) is 0.0637. The molecule has 0 unspecified atom stereocenters. The van der Waals surface area contributed by atoms with Crippen molar-refractivity contribution in [3.63, 3.8) is 0 Å². The monoisotopic (exact) mass is 727 g/mol. The molecule has 1 aromatic rings. The Bertz CT molecular complexity index is 921. The number of rotatable bonds is 38. The summed E-state index contributed by atoms with van der Waals surface area (Å²) >= 11 is 0. The van der Waals surface area contributed by atoms with E-state index in [2.05, 4.69) is 65.8 Å². The van der Waals surface area contributed by atoms with Crippen molar-refractivity contribution in [1.29, 1.82) is 0 Å². The molecule has 1 aromatic carbocycles. The zero-order chi connectivity index (χ0) is 38.2. The van der Waals surface area contributed by atoms with Gasteiger partial charge in [-0.15, -0.1) is 0 Å². The van der Waals surface area contributed by atoms with Gasteiger partial charge in [0.2, 0.25) is 0 Å². The normalized spacial score (nSPS) is 12.1. The van der Waals surface area contributed by atoms with Crippen LogP contribution in [0.25, 0.3) is 0 Å². The number of ether oxygens (including phenoxy) is 2. The molecular weight excluding hydrogens is 641 g/mol. The molecule has 0 bridgehead atoms. The minimum absolute atomic E-state index is 0.243. The van der Waals surface area contributed by atoms with Crippen molar-refractivity contribution in [2.24, 2.45) is 0 Å². The molecule has 0 fully saturated rings. The molecule has 0 amide bonds. The van der Waals surface area contributed by atoms with Crippen molar-refractivity contribution in [2.75, 3.05) is 26.4 Å². The second-order valence-corrected chi connectivity index (χ2v) is 17.3. The number of carbonyl (C=O) groups is 2. The Labute approximate surface area is 323 Å². The smallest absolute Gasteiger partial charge is 0.133 e. The first kappa shape index (κ1) is 48.5. The Kier molecular flexibility index (Phi) is 29.7. The zero-order valence-corrected chi connectivity index (χ0v) is 35.6. The minimum Gasteiger partial charge on any atom is -0.381 e. The topological polar surface area (TPSA) is 52.6 Å². The van der Waals surface area contributed by atoms with Crippen LogP contribution in [0.4, 0.5) is 0 Å². The molecule has 0 saturated heterocycles. The van der Waals surface area contributed by atoms with Crippen LogP contribution < -0.4 is 0 Å². The molecule has 0 radical (unpaired) electrons. The summed E-state index contributed by atoms with van der Waals surface area (Å²) in [5.41, 5.74) is 1.87. The molecule has 4 heteroatoms. The molecule has 0 aliphatic rings. The number of carbonyl (C=O) groups excluding carboxylic acids is 2. The number of ketones is 2. The molecule has 0 spiro atoms. The molecule has 52 heavy (non-hydrogen) atoms. The number of hydrogen-bond acceptors (Lipinski definition) is 4. The Hall–Kier alpha value is -1.52. The van der Waals surface area contributed by atoms with E-state index in [1.807, 2.05) is 0 Å². The fourth-order valence-corrected chi connectivity index (χ4v) is 7.37. The van der Waals surface area contributed by atoms with Crippen molar-refractivity contribution in [1.82, 2.24) is 0 Å². The Morgan fingerprint density at radius 2 is 0.731 bits per heavy atom. The highest BCUT2D eigenvalue weighted by Crippen LogP contribution is 2.34. The third-order valence-corrected chi connectivity index (χ3v) is 11.0. The van der Waals surface area contributed by atoms with Crippen molar-refractivity contribution in [3.8, 4) is 0 Å². The van der Waals surface area contributed by atoms with E-state index in [0.29, 0.717) is 37.2 Å². The molecule has 0 aromatic heterocycles. The third kappa shape index (κ3) is 26.3. The van der Waals surface area contributed by atoms with Crippen LogP contribution >= 0.6 is 0 Å². The summed E-state index contributed by atoms with van der Waals surface area (Å²) in [5.74, 6) is 0.652. The maximum absolute atomic E-state index is 13.0. The summed E-state index contributed by atoms with van der Waals surface area (Å²) in [6.07, 6.45) is 32.9. The third-order valence-electron chi connectivity index (χ3n) is 11.0. The largest absolute Gasteiger partial charge is 0.381 e. The molecule has 0 aliphatic carbocycles. The van der Waals surface area contributed by atoms with Crippen LogP contribution in [0, 0.1) is 0 Å². The van der Waals surface area contributed by atoms with Gasteiger partial charge in [0.15, 0.2) is 0 Å². The second-order valence-electron chi connectivity index (χ2n) is 17.3. The van der Waals surface area contributed by atoms with Crippen LogP contribution in [0.15, 0.2) is 24.3 Å². The van der Waals surface area contributed by atoms with Crippen molar-refractivity contribution in [2.45, 2.75) is 232 Å². The van der Waals surface area contributed by atoms with Crippen molar-refractivity contribution < 1.29 is 19.1 Å². The Morgan fingerprint density at radius 3 is 1.06 bits per heavy atom. The maximum atomic E-state index is 13.0. The van der Waals surface area contributed by atoms with Gasteiger partial charge in [-0.25, -0.2) is 0 Å². The van der Waals surface area contributed by atoms with Crippen LogP contribution in [-0.4, -0.2) is 38.0 Å². The van der Waals surface area contributed by atoms with E-state index in [9.17, 15) is 9.59 Å². The molecule has 4 nitrogen and oxygen atoms in total. The Morgan fingerprint density at radius 1 is 0.442 bits per heavy atom. The van der Waals surface area contributed by atoms with Gasteiger partial charge in [0, 0.05) is 52.1 Å². The van der Waals surface area contributed by atoms with Gasteiger partial charge in [-0.1, -0.05) is 181 Å².